The number of benzene rings is 1. The van der Waals surface area contributed by atoms with E-state index in [0.717, 1.165) is 6.42 Å². The van der Waals surface area contributed by atoms with Crippen LogP contribution in [0.4, 0.5) is 5.69 Å². The second-order valence-electron chi connectivity index (χ2n) is 2.87. The van der Waals surface area contributed by atoms with Crippen molar-refractivity contribution in [2.75, 3.05) is 12.5 Å². The third kappa shape index (κ3) is 3.40. The Kier molecular flexibility index (Phi) is 4.37. The molecule has 0 amide bonds. The second-order valence-corrected chi connectivity index (χ2v) is 3.25. The maximum Gasteiger partial charge on any atom is 0.273 e. The smallest absolute Gasteiger partial charge is 0.273 e. The summed E-state index contributed by atoms with van der Waals surface area (Å²) in [6, 6.07) is 4.28. The van der Waals surface area contributed by atoms with Crippen molar-refractivity contribution in [1.82, 2.24) is 0 Å². The predicted molar refractivity (Wildman–Crippen MR) is 57.3 cm³/mol. The maximum atomic E-state index is 10.5. The van der Waals surface area contributed by atoms with Crippen molar-refractivity contribution >= 4 is 17.3 Å². The number of halogens is 1. The van der Waals surface area contributed by atoms with Gasteiger partial charge in [0.15, 0.2) is 0 Å². The standard InChI is InChI=1S/C10H10ClNO3/c1-8-7-9(15-6-2-5-11)3-4-10(8)12(13)14/h1,3-4,7H,2,5-6H2. The van der Waals surface area contributed by atoms with Gasteiger partial charge < -0.3 is 4.74 Å². The van der Waals surface area contributed by atoms with Gasteiger partial charge >= 0.3 is 0 Å². The molecule has 0 aliphatic carbocycles. The number of hydrogen-bond acceptors (Lipinski definition) is 3. The van der Waals surface area contributed by atoms with E-state index in [1.54, 1.807) is 0 Å². The van der Waals surface area contributed by atoms with Gasteiger partial charge in [0.25, 0.3) is 5.69 Å². The number of ether oxygens (including phenoxy) is 1. The van der Waals surface area contributed by atoms with Crippen LogP contribution in [0.3, 0.4) is 0 Å². The number of nitrogens with zero attached hydrogens (tertiary/aromatic N) is 1. The molecule has 0 N–H and O–H groups in total. The summed E-state index contributed by atoms with van der Waals surface area (Å²) in [7, 11) is 0. The van der Waals surface area contributed by atoms with Crippen molar-refractivity contribution in [3.8, 4) is 5.75 Å². The largest absolute Gasteiger partial charge is 0.494 e. The topological polar surface area (TPSA) is 52.4 Å². The van der Waals surface area contributed by atoms with Crippen molar-refractivity contribution in [2.24, 2.45) is 0 Å². The van der Waals surface area contributed by atoms with Crippen LogP contribution in [0.15, 0.2) is 18.2 Å². The molecule has 1 aromatic carbocycles. The number of alkyl halides is 1. The predicted octanol–water partition coefficient (Wildman–Crippen LogP) is 2.66. The minimum Gasteiger partial charge on any atom is -0.494 e. The Bertz CT molecular complexity index is 355. The molecule has 0 bridgehead atoms. The zero-order valence-corrected chi connectivity index (χ0v) is 8.74. The quantitative estimate of drug-likeness (QED) is 0.336. The Labute approximate surface area is 93.0 Å². The minimum atomic E-state index is -0.530. The van der Waals surface area contributed by atoms with Gasteiger partial charge in [-0.1, -0.05) is 0 Å². The lowest BCUT2D eigenvalue weighted by Crippen LogP contribution is -1.99. The molecular formula is C10H10ClNO3. The first kappa shape index (κ1) is 11.8. The Morgan fingerprint density at radius 1 is 1.53 bits per heavy atom. The van der Waals surface area contributed by atoms with Crippen molar-refractivity contribution < 1.29 is 9.66 Å². The third-order valence-electron chi connectivity index (χ3n) is 1.74. The lowest BCUT2D eigenvalue weighted by Gasteiger charge is -2.05. The van der Waals surface area contributed by atoms with Crippen molar-refractivity contribution in [1.29, 1.82) is 0 Å². The summed E-state index contributed by atoms with van der Waals surface area (Å²) in [4.78, 5) is 9.93. The highest BCUT2D eigenvalue weighted by molar-refractivity contribution is 6.17. The number of hydrogen-bond donors (Lipinski definition) is 0. The molecule has 0 unspecified atom stereocenters. The normalized spacial score (nSPS) is 10.0. The summed E-state index contributed by atoms with van der Waals surface area (Å²) >= 11 is 5.47. The molecular weight excluding hydrogens is 218 g/mol. The molecule has 80 valence electrons. The SMILES string of the molecule is [CH]c1cc(OCCCCl)ccc1[N+](=O)[O-]. The zero-order chi connectivity index (χ0) is 11.3. The Morgan fingerprint density at radius 2 is 2.27 bits per heavy atom. The second kappa shape index (κ2) is 5.56. The summed E-state index contributed by atoms with van der Waals surface area (Å²) in [5.41, 5.74) is -0.0110. The van der Waals surface area contributed by atoms with E-state index in [1.807, 2.05) is 0 Å². The molecule has 0 aromatic heterocycles. The van der Waals surface area contributed by atoms with Crippen molar-refractivity contribution in [2.45, 2.75) is 6.42 Å². The van der Waals surface area contributed by atoms with Gasteiger partial charge in [-0.2, -0.15) is 0 Å². The number of nitro groups is 1. The van der Waals surface area contributed by atoms with E-state index >= 15 is 0 Å². The monoisotopic (exact) mass is 227 g/mol. The van der Waals surface area contributed by atoms with Crippen LogP contribution in [-0.2, 0) is 0 Å². The first-order chi connectivity index (χ1) is 7.15. The highest BCUT2D eigenvalue weighted by Gasteiger charge is 2.10. The summed E-state index contributed by atoms with van der Waals surface area (Å²) in [5, 5.41) is 10.5. The molecule has 0 saturated heterocycles. The average molecular weight is 228 g/mol. The Balaban J connectivity index is 2.69. The fraction of sp³-hybridized carbons (Fsp3) is 0.300. The highest BCUT2D eigenvalue weighted by Crippen LogP contribution is 2.22. The molecule has 0 aliphatic rings. The lowest BCUT2D eigenvalue weighted by atomic mass is 10.2. The molecule has 0 fully saturated rings. The van der Waals surface area contributed by atoms with Gasteiger partial charge in [-0.3, -0.25) is 10.1 Å². The van der Waals surface area contributed by atoms with E-state index < -0.39 is 4.92 Å². The minimum absolute atomic E-state index is 0.100. The fourth-order valence-electron chi connectivity index (χ4n) is 1.03. The van der Waals surface area contributed by atoms with E-state index in [9.17, 15) is 10.1 Å². The lowest BCUT2D eigenvalue weighted by molar-refractivity contribution is -0.385. The highest BCUT2D eigenvalue weighted by atomic mass is 35.5. The first-order valence-electron chi connectivity index (χ1n) is 4.38. The van der Waals surface area contributed by atoms with E-state index in [-0.39, 0.29) is 11.3 Å². The molecule has 1 rings (SSSR count). The van der Waals surface area contributed by atoms with E-state index in [2.05, 4.69) is 0 Å². The molecule has 0 aliphatic heterocycles. The first-order valence-corrected chi connectivity index (χ1v) is 4.91. The fourth-order valence-corrected chi connectivity index (χ4v) is 1.14. The van der Waals surface area contributed by atoms with Gasteiger partial charge in [-0.25, -0.2) is 0 Å². The van der Waals surface area contributed by atoms with E-state index in [4.69, 9.17) is 23.3 Å². The van der Waals surface area contributed by atoms with Gasteiger partial charge in [-0.05, 0) is 18.6 Å². The van der Waals surface area contributed by atoms with Gasteiger partial charge in [0.05, 0.1) is 11.5 Å². The molecule has 4 nitrogen and oxygen atoms in total. The van der Waals surface area contributed by atoms with Crippen LogP contribution < -0.4 is 4.74 Å². The van der Waals surface area contributed by atoms with Crippen LogP contribution in [0.2, 0.25) is 0 Å². The van der Waals surface area contributed by atoms with Gasteiger partial charge in [-0.15, -0.1) is 11.6 Å². The van der Waals surface area contributed by atoms with Crippen LogP contribution in [0.5, 0.6) is 5.75 Å². The Hall–Kier alpha value is -1.29. The average Bonchev–Trinajstić information content (AvgIpc) is 2.17. The Morgan fingerprint density at radius 3 is 2.80 bits per heavy atom. The molecule has 15 heavy (non-hydrogen) atoms. The van der Waals surface area contributed by atoms with Crippen molar-refractivity contribution in [3.63, 3.8) is 0 Å². The number of nitro benzene ring substituents is 1. The summed E-state index contributed by atoms with van der Waals surface area (Å²) < 4.78 is 5.27. The molecule has 0 spiro atoms. The van der Waals surface area contributed by atoms with Gasteiger partial charge in [0, 0.05) is 24.4 Å². The van der Waals surface area contributed by atoms with E-state index in [0.29, 0.717) is 18.2 Å². The third-order valence-corrected chi connectivity index (χ3v) is 2.01. The van der Waals surface area contributed by atoms with E-state index in [1.165, 1.54) is 18.2 Å². The van der Waals surface area contributed by atoms with Gasteiger partial charge in [0.2, 0.25) is 0 Å². The van der Waals surface area contributed by atoms with Crippen molar-refractivity contribution in [3.05, 3.63) is 40.8 Å². The zero-order valence-electron chi connectivity index (χ0n) is 7.98. The molecule has 1 aromatic rings. The van der Waals surface area contributed by atoms with Crippen LogP contribution >= 0.6 is 11.6 Å². The molecule has 5 heteroatoms. The maximum absolute atomic E-state index is 10.5. The molecule has 0 atom stereocenters. The van der Waals surface area contributed by atoms with Crippen LogP contribution in [0.1, 0.15) is 12.0 Å². The molecule has 0 saturated carbocycles. The van der Waals surface area contributed by atoms with Crippen LogP contribution in [0.25, 0.3) is 0 Å². The van der Waals surface area contributed by atoms with Crippen LogP contribution in [-0.4, -0.2) is 17.4 Å². The van der Waals surface area contributed by atoms with Crippen LogP contribution in [0, 0.1) is 17.0 Å². The summed E-state index contributed by atoms with van der Waals surface area (Å²) in [6.07, 6.45) is 0.721. The summed E-state index contributed by atoms with van der Waals surface area (Å²) in [6.45, 7) is 5.95. The van der Waals surface area contributed by atoms with Gasteiger partial charge in [0.1, 0.15) is 5.75 Å². The number of rotatable bonds is 5. The molecule has 0 heterocycles. The molecule has 2 radical (unpaired) electrons. The summed E-state index contributed by atoms with van der Waals surface area (Å²) in [5.74, 6) is 1.03.